The van der Waals surface area contributed by atoms with Crippen LogP contribution in [0.5, 0.6) is 0 Å². The number of carbonyl (C=O) groups is 2. The van der Waals surface area contributed by atoms with Crippen LogP contribution in [0.15, 0.2) is 22.8 Å². The van der Waals surface area contributed by atoms with E-state index in [-0.39, 0.29) is 30.3 Å². The van der Waals surface area contributed by atoms with Gasteiger partial charge in [0, 0.05) is 19.7 Å². The van der Waals surface area contributed by atoms with E-state index in [0.717, 1.165) is 0 Å². The SMILES string of the molecule is COC(=O)C(C)CN(CCCOC(C)C)C(=O)c1ccco1. The van der Waals surface area contributed by atoms with E-state index < -0.39 is 5.92 Å². The highest BCUT2D eigenvalue weighted by Gasteiger charge is 2.23. The normalized spacial score (nSPS) is 12.2. The molecule has 22 heavy (non-hydrogen) atoms. The molecule has 0 radical (unpaired) electrons. The monoisotopic (exact) mass is 311 g/mol. The average molecular weight is 311 g/mol. The Morgan fingerprint density at radius 2 is 2.05 bits per heavy atom. The maximum Gasteiger partial charge on any atom is 0.310 e. The molecule has 1 aromatic heterocycles. The molecule has 1 aromatic rings. The van der Waals surface area contributed by atoms with Gasteiger partial charge < -0.3 is 18.8 Å². The van der Waals surface area contributed by atoms with Gasteiger partial charge in [-0.1, -0.05) is 6.92 Å². The maximum absolute atomic E-state index is 12.4. The number of carbonyl (C=O) groups excluding carboxylic acids is 2. The van der Waals surface area contributed by atoms with Crippen LogP contribution in [-0.4, -0.2) is 49.7 Å². The fourth-order valence-electron chi connectivity index (χ4n) is 2.01. The molecule has 1 rings (SSSR count). The summed E-state index contributed by atoms with van der Waals surface area (Å²) < 4.78 is 15.3. The summed E-state index contributed by atoms with van der Waals surface area (Å²) in [6, 6.07) is 3.28. The molecule has 0 aliphatic heterocycles. The van der Waals surface area contributed by atoms with Crippen LogP contribution in [0.25, 0.3) is 0 Å². The molecule has 0 saturated carbocycles. The van der Waals surface area contributed by atoms with Crippen LogP contribution in [0.4, 0.5) is 0 Å². The number of ether oxygens (including phenoxy) is 2. The van der Waals surface area contributed by atoms with E-state index >= 15 is 0 Å². The van der Waals surface area contributed by atoms with Crippen molar-refractivity contribution in [1.82, 2.24) is 4.90 Å². The third-order valence-corrected chi connectivity index (χ3v) is 3.14. The Balaban J connectivity index is 2.64. The molecule has 0 fully saturated rings. The first-order valence-corrected chi connectivity index (χ1v) is 7.48. The van der Waals surface area contributed by atoms with E-state index in [1.165, 1.54) is 13.4 Å². The Morgan fingerprint density at radius 1 is 1.32 bits per heavy atom. The predicted octanol–water partition coefficient (Wildman–Crippen LogP) is 2.35. The lowest BCUT2D eigenvalue weighted by molar-refractivity contribution is -0.145. The molecule has 0 spiro atoms. The summed E-state index contributed by atoms with van der Waals surface area (Å²) in [6.45, 7) is 7.00. The summed E-state index contributed by atoms with van der Waals surface area (Å²) in [5, 5.41) is 0. The van der Waals surface area contributed by atoms with E-state index in [1.54, 1.807) is 24.0 Å². The standard InChI is InChI=1S/C16H25NO5/c1-12(2)21-10-6-8-17(11-13(3)16(19)20-4)15(18)14-7-5-9-22-14/h5,7,9,12-13H,6,8,10-11H2,1-4H3. The molecule has 6 heteroatoms. The molecule has 1 heterocycles. The largest absolute Gasteiger partial charge is 0.469 e. The van der Waals surface area contributed by atoms with E-state index in [4.69, 9.17) is 13.9 Å². The van der Waals surface area contributed by atoms with Crippen LogP contribution in [0.3, 0.4) is 0 Å². The molecule has 6 nitrogen and oxygen atoms in total. The van der Waals surface area contributed by atoms with E-state index in [0.29, 0.717) is 19.6 Å². The van der Waals surface area contributed by atoms with Crippen molar-refractivity contribution < 1.29 is 23.5 Å². The minimum absolute atomic E-state index is 0.156. The van der Waals surface area contributed by atoms with Gasteiger partial charge >= 0.3 is 5.97 Å². The quantitative estimate of drug-likeness (QED) is 0.517. The minimum atomic E-state index is -0.394. The summed E-state index contributed by atoms with van der Waals surface area (Å²) in [5.41, 5.74) is 0. The van der Waals surface area contributed by atoms with Gasteiger partial charge in [0.2, 0.25) is 0 Å². The number of methoxy groups -OCH3 is 1. The molecule has 0 aliphatic carbocycles. The van der Waals surface area contributed by atoms with Gasteiger partial charge in [-0.15, -0.1) is 0 Å². The number of furan rings is 1. The molecule has 0 saturated heterocycles. The van der Waals surface area contributed by atoms with Crippen molar-refractivity contribution in [2.75, 3.05) is 26.8 Å². The van der Waals surface area contributed by atoms with Crippen molar-refractivity contribution in [3.63, 3.8) is 0 Å². The van der Waals surface area contributed by atoms with Crippen LogP contribution in [0, 0.1) is 5.92 Å². The van der Waals surface area contributed by atoms with E-state index in [9.17, 15) is 9.59 Å². The Labute approximate surface area is 131 Å². The van der Waals surface area contributed by atoms with Gasteiger partial charge in [-0.05, 0) is 32.4 Å². The van der Waals surface area contributed by atoms with Crippen LogP contribution in [-0.2, 0) is 14.3 Å². The number of hydrogen-bond donors (Lipinski definition) is 0. The molecular formula is C16H25NO5. The van der Waals surface area contributed by atoms with Gasteiger partial charge in [-0.3, -0.25) is 9.59 Å². The summed E-state index contributed by atoms with van der Waals surface area (Å²) in [5.74, 6) is -0.697. The van der Waals surface area contributed by atoms with Gasteiger partial charge in [0.1, 0.15) is 0 Å². The lowest BCUT2D eigenvalue weighted by Gasteiger charge is -2.24. The molecule has 124 valence electrons. The summed E-state index contributed by atoms with van der Waals surface area (Å²) in [7, 11) is 1.34. The van der Waals surface area contributed by atoms with Crippen LogP contribution >= 0.6 is 0 Å². The zero-order chi connectivity index (χ0) is 16.5. The molecular weight excluding hydrogens is 286 g/mol. The third-order valence-electron chi connectivity index (χ3n) is 3.14. The van der Waals surface area contributed by atoms with Crippen molar-refractivity contribution in [1.29, 1.82) is 0 Å². The van der Waals surface area contributed by atoms with Crippen molar-refractivity contribution in [3.8, 4) is 0 Å². The van der Waals surface area contributed by atoms with Crippen molar-refractivity contribution in [2.24, 2.45) is 5.92 Å². The summed E-state index contributed by atoms with van der Waals surface area (Å²) >= 11 is 0. The van der Waals surface area contributed by atoms with Gasteiger partial charge in [-0.25, -0.2) is 0 Å². The molecule has 1 atom stereocenters. The topological polar surface area (TPSA) is 69.0 Å². The van der Waals surface area contributed by atoms with Gasteiger partial charge in [0.15, 0.2) is 5.76 Å². The predicted molar refractivity (Wildman–Crippen MR) is 81.5 cm³/mol. The zero-order valence-electron chi connectivity index (χ0n) is 13.7. The smallest absolute Gasteiger partial charge is 0.310 e. The van der Waals surface area contributed by atoms with Crippen molar-refractivity contribution in [2.45, 2.75) is 33.3 Å². The van der Waals surface area contributed by atoms with Gasteiger partial charge in [0.05, 0.1) is 25.4 Å². The van der Waals surface area contributed by atoms with E-state index in [2.05, 4.69) is 0 Å². The molecule has 1 amide bonds. The average Bonchev–Trinajstić information content (AvgIpc) is 3.02. The summed E-state index contributed by atoms with van der Waals surface area (Å²) in [4.78, 5) is 25.6. The van der Waals surface area contributed by atoms with Crippen molar-refractivity contribution in [3.05, 3.63) is 24.2 Å². The van der Waals surface area contributed by atoms with Gasteiger partial charge in [-0.2, -0.15) is 0 Å². The lowest BCUT2D eigenvalue weighted by atomic mass is 10.1. The Kier molecular flexibility index (Phi) is 7.66. The second-order valence-electron chi connectivity index (χ2n) is 5.43. The first-order valence-electron chi connectivity index (χ1n) is 7.48. The summed E-state index contributed by atoms with van der Waals surface area (Å²) in [6.07, 6.45) is 2.30. The lowest BCUT2D eigenvalue weighted by Crippen LogP contribution is -2.38. The second-order valence-corrected chi connectivity index (χ2v) is 5.43. The number of amides is 1. The van der Waals surface area contributed by atoms with Crippen LogP contribution in [0.2, 0.25) is 0 Å². The fraction of sp³-hybridized carbons (Fsp3) is 0.625. The number of rotatable bonds is 9. The Bertz CT molecular complexity index is 455. The molecule has 1 unspecified atom stereocenters. The molecule has 0 N–H and O–H groups in total. The number of esters is 1. The first-order chi connectivity index (χ1) is 10.5. The molecule has 0 bridgehead atoms. The maximum atomic E-state index is 12.4. The van der Waals surface area contributed by atoms with Gasteiger partial charge in [0.25, 0.3) is 5.91 Å². The third kappa shape index (κ3) is 5.89. The highest BCUT2D eigenvalue weighted by molar-refractivity contribution is 5.91. The first kappa shape index (κ1) is 18.2. The number of nitrogens with zero attached hydrogens (tertiary/aromatic N) is 1. The van der Waals surface area contributed by atoms with Crippen LogP contribution < -0.4 is 0 Å². The number of hydrogen-bond acceptors (Lipinski definition) is 5. The minimum Gasteiger partial charge on any atom is -0.469 e. The highest BCUT2D eigenvalue weighted by atomic mass is 16.5. The fourth-order valence-corrected chi connectivity index (χ4v) is 2.01. The van der Waals surface area contributed by atoms with Crippen LogP contribution in [0.1, 0.15) is 37.7 Å². The van der Waals surface area contributed by atoms with E-state index in [1.807, 2.05) is 13.8 Å². The molecule has 0 aliphatic rings. The Hall–Kier alpha value is -1.82. The van der Waals surface area contributed by atoms with Crippen molar-refractivity contribution >= 4 is 11.9 Å². The highest BCUT2D eigenvalue weighted by Crippen LogP contribution is 2.10. The second kappa shape index (κ2) is 9.25. The molecule has 0 aromatic carbocycles. The zero-order valence-corrected chi connectivity index (χ0v) is 13.7. The Morgan fingerprint density at radius 3 is 2.59 bits per heavy atom.